The van der Waals surface area contributed by atoms with Gasteiger partial charge in [0.25, 0.3) is 0 Å². The van der Waals surface area contributed by atoms with Crippen LogP contribution in [0.3, 0.4) is 0 Å². The number of aromatic nitrogens is 4. The molecule has 1 N–H and O–H groups in total. The first-order valence-electron chi connectivity index (χ1n) is 7.48. The molecule has 1 aromatic carbocycles. The maximum Gasteiger partial charge on any atom is 0.104 e. The van der Waals surface area contributed by atoms with E-state index in [2.05, 4.69) is 42.2 Å². The molecule has 5 nitrogen and oxygen atoms in total. The number of hydrogen-bond donors (Lipinski definition) is 1. The number of para-hydroxylation sites is 1. The van der Waals surface area contributed by atoms with Gasteiger partial charge in [0.15, 0.2) is 0 Å². The standard InChI is InChI=1S/C16H16BrN5/c17-13-2-1-3-14-16(13)21-15(9-19-14)11-8-20-22(10-11)12-4-6-18-7-5-12/h1-3,8-10,12,18H,4-7H2. The number of hydrogen-bond acceptors (Lipinski definition) is 4. The number of piperidine rings is 1. The molecule has 1 fully saturated rings. The average Bonchev–Trinajstić information content (AvgIpc) is 3.06. The van der Waals surface area contributed by atoms with Crippen molar-refractivity contribution in [2.45, 2.75) is 18.9 Å². The zero-order valence-corrected chi connectivity index (χ0v) is 13.6. The first-order chi connectivity index (χ1) is 10.8. The van der Waals surface area contributed by atoms with Gasteiger partial charge in [-0.05, 0) is 54.0 Å². The molecule has 0 amide bonds. The van der Waals surface area contributed by atoms with Crippen LogP contribution in [-0.4, -0.2) is 32.8 Å². The van der Waals surface area contributed by atoms with Gasteiger partial charge in [-0.3, -0.25) is 9.67 Å². The van der Waals surface area contributed by atoms with Gasteiger partial charge in [-0.2, -0.15) is 5.10 Å². The van der Waals surface area contributed by atoms with Gasteiger partial charge in [0.2, 0.25) is 0 Å². The van der Waals surface area contributed by atoms with Crippen LogP contribution in [0.2, 0.25) is 0 Å². The largest absolute Gasteiger partial charge is 0.317 e. The van der Waals surface area contributed by atoms with Gasteiger partial charge < -0.3 is 5.32 Å². The normalized spacial score (nSPS) is 16.2. The third-order valence-electron chi connectivity index (χ3n) is 4.10. The lowest BCUT2D eigenvalue weighted by Crippen LogP contribution is -2.29. The highest BCUT2D eigenvalue weighted by Crippen LogP contribution is 2.25. The zero-order valence-electron chi connectivity index (χ0n) is 12.0. The highest BCUT2D eigenvalue weighted by atomic mass is 79.9. The third-order valence-corrected chi connectivity index (χ3v) is 4.74. The summed E-state index contributed by atoms with van der Waals surface area (Å²) in [5.41, 5.74) is 3.65. The van der Waals surface area contributed by atoms with E-state index in [1.54, 1.807) is 0 Å². The second-order valence-electron chi connectivity index (χ2n) is 5.55. The molecule has 1 saturated heterocycles. The molecule has 2 aromatic heterocycles. The Hall–Kier alpha value is -1.79. The fraction of sp³-hybridized carbons (Fsp3) is 0.312. The van der Waals surface area contributed by atoms with Gasteiger partial charge >= 0.3 is 0 Å². The second kappa shape index (κ2) is 5.78. The van der Waals surface area contributed by atoms with Crippen LogP contribution in [0.25, 0.3) is 22.3 Å². The SMILES string of the molecule is Brc1cccc2ncc(-c3cnn(C4CCNCC4)c3)nc12. The number of benzene rings is 1. The van der Waals surface area contributed by atoms with Gasteiger partial charge in [-0.1, -0.05) is 6.07 Å². The maximum atomic E-state index is 4.73. The predicted octanol–water partition coefficient (Wildman–Crippen LogP) is 3.18. The number of nitrogens with one attached hydrogen (secondary N) is 1. The fourth-order valence-corrected chi connectivity index (χ4v) is 3.32. The van der Waals surface area contributed by atoms with Crippen LogP contribution in [0.4, 0.5) is 0 Å². The topological polar surface area (TPSA) is 55.6 Å². The van der Waals surface area contributed by atoms with Gasteiger partial charge in [-0.15, -0.1) is 0 Å². The summed E-state index contributed by atoms with van der Waals surface area (Å²) in [6, 6.07) is 6.40. The Morgan fingerprint density at radius 2 is 2.05 bits per heavy atom. The van der Waals surface area contributed by atoms with Crippen molar-refractivity contribution < 1.29 is 0 Å². The molecule has 112 valence electrons. The van der Waals surface area contributed by atoms with Crippen LogP contribution in [-0.2, 0) is 0 Å². The minimum absolute atomic E-state index is 0.482. The molecule has 3 aromatic rings. The summed E-state index contributed by atoms with van der Waals surface area (Å²) < 4.78 is 3.03. The van der Waals surface area contributed by atoms with E-state index in [9.17, 15) is 0 Å². The summed E-state index contributed by atoms with van der Waals surface area (Å²) >= 11 is 3.54. The molecular weight excluding hydrogens is 342 g/mol. The highest BCUT2D eigenvalue weighted by molar-refractivity contribution is 9.10. The number of halogens is 1. The van der Waals surface area contributed by atoms with E-state index in [1.165, 1.54) is 0 Å². The van der Waals surface area contributed by atoms with Gasteiger partial charge in [0, 0.05) is 16.2 Å². The lowest BCUT2D eigenvalue weighted by molar-refractivity contribution is 0.343. The lowest BCUT2D eigenvalue weighted by atomic mass is 10.1. The first kappa shape index (κ1) is 13.8. The van der Waals surface area contributed by atoms with E-state index in [4.69, 9.17) is 4.98 Å². The van der Waals surface area contributed by atoms with Gasteiger partial charge in [-0.25, -0.2) is 4.98 Å². The molecule has 0 spiro atoms. The molecule has 0 saturated carbocycles. The van der Waals surface area contributed by atoms with Crippen molar-refractivity contribution in [2.75, 3.05) is 13.1 Å². The summed E-state index contributed by atoms with van der Waals surface area (Å²) in [4.78, 5) is 9.23. The minimum atomic E-state index is 0.482. The van der Waals surface area contributed by atoms with Crippen LogP contribution in [0.5, 0.6) is 0 Å². The third kappa shape index (κ3) is 2.53. The molecule has 22 heavy (non-hydrogen) atoms. The van der Waals surface area contributed by atoms with Crippen LogP contribution in [0.1, 0.15) is 18.9 Å². The van der Waals surface area contributed by atoms with Gasteiger partial charge in [0.1, 0.15) is 5.52 Å². The molecule has 0 bridgehead atoms. The molecule has 0 aliphatic carbocycles. The molecule has 1 aliphatic rings. The molecule has 6 heteroatoms. The molecule has 4 rings (SSSR count). The number of fused-ring (bicyclic) bond motifs is 1. The molecule has 0 unspecified atom stereocenters. The Morgan fingerprint density at radius 1 is 1.18 bits per heavy atom. The Kier molecular flexibility index (Phi) is 3.63. The summed E-state index contributed by atoms with van der Waals surface area (Å²) in [6.45, 7) is 2.12. The Bertz CT molecular complexity index is 807. The highest BCUT2D eigenvalue weighted by Gasteiger charge is 2.16. The van der Waals surface area contributed by atoms with Crippen molar-refractivity contribution in [3.8, 4) is 11.3 Å². The molecule has 1 aliphatic heterocycles. The monoisotopic (exact) mass is 357 g/mol. The Balaban J connectivity index is 1.69. The first-order valence-corrected chi connectivity index (χ1v) is 8.27. The average molecular weight is 358 g/mol. The predicted molar refractivity (Wildman–Crippen MR) is 89.6 cm³/mol. The van der Waals surface area contributed by atoms with Crippen molar-refractivity contribution in [1.82, 2.24) is 25.1 Å². The van der Waals surface area contributed by atoms with Crippen LogP contribution in [0, 0.1) is 0 Å². The Labute approximate surface area is 136 Å². The molecule has 3 heterocycles. The quantitative estimate of drug-likeness (QED) is 0.765. The number of rotatable bonds is 2. The van der Waals surface area contributed by atoms with Crippen molar-refractivity contribution in [3.63, 3.8) is 0 Å². The second-order valence-corrected chi connectivity index (χ2v) is 6.41. The van der Waals surface area contributed by atoms with Crippen LogP contribution in [0.15, 0.2) is 41.3 Å². The Morgan fingerprint density at radius 3 is 2.91 bits per heavy atom. The summed E-state index contributed by atoms with van der Waals surface area (Å²) in [6.07, 6.45) is 8.03. The van der Waals surface area contributed by atoms with Crippen molar-refractivity contribution in [2.24, 2.45) is 0 Å². The zero-order chi connectivity index (χ0) is 14.9. The van der Waals surface area contributed by atoms with E-state index < -0.39 is 0 Å². The van der Waals surface area contributed by atoms with Crippen LogP contribution >= 0.6 is 15.9 Å². The summed E-state index contributed by atoms with van der Waals surface area (Å²) in [5.74, 6) is 0. The lowest BCUT2D eigenvalue weighted by Gasteiger charge is -2.22. The molecule has 0 atom stereocenters. The molecular formula is C16H16BrN5. The van der Waals surface area contributed by atoms with E-state index in [-0.39, 0.29) is 0 Å². The number of nitrogens with zero attached hydrogens (tertiary/aromatic N) is 4. The fourth-order valence-electron chi connectivity index (χ4n) is 2.88. The summed E-state index contributed by atoms with van der Waals surface area (Å²) in [5, 5.41) is 7.91. The molecule has 0 radical (unpaired) electrons. The van der Waals surface area contributed by atoms with Crippen LogP contribution < -0.4 is 5.32 Å². The minimum Gasteiger partial charge on any atom is -0.317 e. The van der Waals surface area contributed by atoms with Crippen molar-refractivity contribution >= 4 is 27.0 Å². The van der Waals surface area contributed by atoms with Crippen molar-refractivity contribution in [1.29, 1.82) is 0 Å². The summed E-state index contributed by atoms with van der Waals surface area (Å²) in [7, 11) is 0. The van der Waals surface area contributed by atoms with Crippen molar-refractivity contribution in [3.05, 3.63) is 41.3 Å². The van der Waals surface area contributed by atoms with E-state index in [1.807, 2.05) is 30.6 Å². The maximum absolute atomic E-state index is 4.73. The van der Waals surface area contributed by atoms with E-state index in [0.29, 0.717) is 6.04 Å². The van der Waals surface area contributed by atoms with E-state index in [0.717, 1.165) is 52.7 Å². The van der Waals surface area contributed by atoms with Gasteiger partial charge in [0.05, 0.1) is 29.6 Å². The van der Waals surface area contributed by atoms with E-state index >= 15 is 0 Å². The smallest absolute Gasteiger partial charge is 0.104 e.